The molecule has 5 heteroatoms. The van der Waals surface area contributed by atoms with Crippen molar-refractivity contribution in [2.24, 2.45) is 0 Å². The van der Waals surface area contributed by atoms with Crippen molar-refractivity contribution in [1.82, 2.24) is 4.98 Å². The van der Waals surface area contributed by atoms with Crippen LogP contribution in [0, 0.1) is 0 Å². The van der Waals surface area contributed by atoms with Crippen molar-refractivity contribution in [2.75, 3.05) is 11.9 Å². The van der Waals surface area contributed by atoms with Gasteiger partial charge < -0.3 is 15.2 Å². The van der Waals surface area contributed by atoms with Crippen LogP contribution in [0.4, 0.5) is 5.69 Å². The van der Waals surface area contributed by atoms with E-state index in [2.05, 4.69) is 10.3 Å². The summed E-state index contributed by atoms with van der Waals surface area (Å²) in [5, 5.41) is 13.0. The van der Waals surface area contributed by atoms with Gasteiger partial charge in [-0.1, -0.05) is 6.07 Å². The Balaban J connectivity index is 1.94. The lowest BCUT2D eigenvalue weighted by Crippen LogP contribution is -2.25. The molecular formula is C14H12N2O3. The fourth-order valence-corrected chi connectivity index (χ4v) is 2.01. The predicted molar refractivity (Wildman–Crippen MR) is 68.9 cm³/mol. The first-order valence-electron chi connectivity index (χ1n) is 5.88. The summed E-state index contributed by atoms with van der Waals surface area (Å²) in [4.78, 5) is 15.2. The molecule has 96 valence electrons. The Bertz CT molecular complexity index is 613. The molecule has 2 N–H and O–H groups in total. The van der Waals surface area contributed by atoms with Gasteiger partial charge in [-0.05, 0) is 35.4 Å². The number of fused-ring (bicyclic) bond motifs is 1. The maximum Gasteiger partial charge on any atom is 0.262 e. The number of hydrogen-bond donors (Lipinski definition) is 2. The normalized spacial score (nSPS) is 15.1. The molecular weight excluding hydrogens is 244 g/mol. The first-order chi connectivity index (χ1) is 9.24. The van der Waals surface area contributed by atoms with Crippen LogP contribution in [0.2, 0.25) is 0 Å². The summed E-state index contributed by atoms with van der Waals surface area (Å²) in [6.07, 6.45) is 2.50. The van der Waals surface area contributed by atoms with E-state index in [9.17, 15) is 9.90 Å². The predicted octanol–water partition coefficient (Wildman–Crippen LogP) is 1.49. The summed E-state index contributed by atoms with van der Waals surface area (Å²) in [5.41, 5.74) is 2.02. The fourth-order valence-electron chi connectivity index (χ4n) is 2.01. The molecule has 0 saturated heterocycles. The van der Waals surface area contributed by atoms with Crippen LogP contribution in [0.1, 0.15) is 17.2 Å². The topological polar surface area (TPSA) is 71.5 Å². The molecule has 1 atom stereocenters. The van der Waals surface area contributed by atoms with Crippen LogP contribution in [0.15, 0.2) is 42.7 Å². The van der Waals surface area contributed by atoms with E-state index in [1.54, 1.807) is 42.7 Å². The molecule has 1 unspecified atom stereocenters. The van der Waals surface area contributed by atoms with Gasteiger partial charge in [0.15, 0.2) is 6.61 Å². The molecule has 1 aliphatic heterocycles. The van der Waals surface area contributed by atoms with Gasteiger partial charge in [-0.2, -0.15) is 0 Å². The van der Waals surface area contributed by atoms with Crippen LogP contribution in [0.3, 0.4) is 0 Å². The molecule has 0 fully saturated rings. The largest absolute Gasteiger partial charge is 0.482 e. The number of carbonyl (C=O) groups excluding carboxylic acids is 1. The van der Waals surface area contributed by atoms with Crippen molar-refractivity contribution < 1.29 is 14.6 Å². The van der Waals surface area contributed by atoms with E-state index >= 15 is 0 Å². The molecule has 1 aliphatic rings. The summed E-state index contributed by atoms with van der Waals surface area (Å²) in [6.45, 7) is 0.0270. The van der Waals surface area contributed by atoms with Crippen molar-refractivity contribution in [3.63, 3.8) is 0 Å². The van der Waals surface area contributed by atoms with Gasteiger partial charge in [0.05, 0.1) is 5.69 Å². The molecule has 2 heterocycles. The average molecular weight is 256 g/mol. The second-order valence-electron chi connectivity index (χ2n) is 4.28. The lowest BCUT2D eigenvalue weighted by Gasteiger charge is -2.20. The van der Waals surface area contributed by atoms with Crippen LogP contribution in [-0.4, -0.2) is 22.6 Å². The number of hydrogen-bond acceptors (Lipinski definition) is 4. The number of benzene rings is 1. The van der Waals surface area contributed by atoms with E-state index in [1.807, 2.05) is 0 Å². The van der Waals surface area contributed by atoms with Crippen molar-refractivity contribution in [3.8, 4) is 5.75 Å². The highest BCUT2D eigenvalue weighted by atomic mass is 16.5. The zero-order valence-electron chi connectivity index (χ0n) is 10.0. The SMILES string of the molecule is O=C1COc2ccc(C(O)c3ccncc3)cc2N1. The monoisotopic (exact) mass is 256 g/mol. The van der Waals surface area contributed by atoms with E-state index in [1.165, 1.54) is 0 Å². The van der Waals surface area contributed by atoms with E-state index in [4.69, 9.17) is 4.74 Å². The smallest absolute Gasteiger partial charge is 0.262 e. The van der Waals surface area contributed by atoms with Gasteiger partial charge in [-0.3, -0.25) is 9.78 Å². The Labute approximate surface area is 109 Å². The maximum atomic E-state index is 11.3. The first-order valence-corrected chi connectivity index (χ1v) is 5.88. The quantitative estimate of drug-likeness (QED) is 0.854. The summed E-state index contributed by atoms with van der Waals surface area (Å²) < 4.78 is 5.27. The number of aliphatic hydroxyl groups excluding tert-OH is 1. The third-order valence-corrected chi connectivity index (χ3v) is 2.97. The molecule has 0 bridgehead atoms. The minimum Gasteiger partial charge on any atom is -0.482 e. The number of pyridine rings is 1. The highest BCUT2D eigenvalue weighted by Gasteiger charge is 2.18. The summed E-state index contributed by atoms with van der Waals surface area (Å²) in [5.74, 6) is 0.424. The Morgan fingerprint density at radius 3 is 2.79 bits per heavy atom. The van der Waals surface area contributed by atoms with E-state index in [-0.39, 0.29) is 12.5 Å². The number of rotatable bonds is 2. The summed E-state index contributed by atoms with van der Waals surface area (Å²) >= 11 is 0. The van der Waals surface area contributed by atoms with Gasteiger partial charge in [0.25, 0.3) is 5.91 Å². The molecule has 1 aromatic heterocycles. The Morgan fingerprint density at radius 2 is 2.00 bits per heavy atom. The van der Waals surface area contributed by atoms with Gasteiger partial charge in [-0.15, -0.1) is 0 Å². The zero-order valence-corrected chi connectivity index (χ0v) is 10.0. The molecule has 19 heavy (non-hydrogen) atoms. The number of aromatic nitrogens is 1. The summed E-state index contributed by atoms with van der Waals surface area (Å²) in [7, 11) is 0. The number of amides is 1. The van der Waals surface area contributed by atoms with Gasteiger partial charge in [0, 0.05) is 12.4 Å². The Hall–Kier alpha value is -2.40. The minimum absolute atomic E-state index is 0.0270. The van der Waals surface area contributed by atoms with E-state index in [0.717, 1.165) is 5.56 Å². The second kappa shape index (κ2) is 4.70. The second-order valence-corrected chi connectivity index (χ2v) is 4.28. The van der Waals surface area contributed by atoms with Crippen LogP contribution >= 0.6 is 0 Å². The number of ether oxygens (including phenoxy) is 1. The molecule has 0 aliphatic carbocycles. The number of anilines is 1. The molecule has 3 rings (SSSR count). The Kier molecular flexibility index (Phi) is 2.89. The maximum absolute atomic E-state index is 11.3. The fraction of sp³-hybridized carbons (Fsp3) is 0.143. The minimum atomic E-state index is -0.757. The molecule has 0 spiro atoms. The number of aliphatic hydroxyl groups is 1. The van der Waals surface area contributed by atoms with Crippen LogP contribution < -0.4 is 10.1 Å². The number of carbonyl (C=O) groups is 1. The van der Waals surface area contributed by atoms with Crippen LogP contribution in [0.25, 0.3) is 0 Å². The molecule has 1 amide bonds. The molecule has 2 aromatic rings. The third-order valence-electron chi connectivity index (χ3n) is 2.97. The molecule has 5 nitrogen and oxygen atoms in total. The zero-order chi connectivity index (χ0) is 13.2. The van der Waals surface area contributed by atoms with Gasteiger partial charge in [-0.25, -0.2) is 0 Å². The summed E-state index contributed by atoms with van der Waals surface area (Å²) in [6, 6.07) is 8.74. The first kappa shape index (κ1) is 11.7. The molecule has 1 aromatic carbocycles. The average Bonchev–Trinajstić information content (AvgIpc) is 2.46. The lowest BCUT2D eigenvalue weighted by atomic mass is 10.0. The van der Waals surface area contributed by atoms with Crippen molar-refractivity contribution in [1.29, 1.82) is 0 Å². The highest BCUT2D eigenvalue weighted by Crippen LogP contribution is 2.32. The van der Waals surface area contributed by atoms with Crippen molar-refractivity contribution >= 4 is 11.6 Å². The lowest BCUT2D eigenvalue weighted by molar-refractivity contribution is -0.118. The van der Waals surface area contributed by atoms with Crippen molar-refractivity contribution in [2.45, 2.75) is 6.10 Å². The third kappa shape index (κ3) is 2.28. The van der Waals surface area contributed by atoms with Crippen molar-refractivity contribution in [3.05, 3.63) is 53.9 Å². The van der Waals surface area contributed by atoms with E-state index in [0.29, 0.717) is 17.0 Å². The highest BCUT2D eigenvalue weighted by molar-refractivity contribution is 5.95. The number of nitrogens with one attached hydrogen (secondary N) is 1. The van der Waals surface area contributed by atoms with Gasteiger partial charge in [0.1, 0.15) is 11.9 Å². The van der Waals surface area contributed by atoms with Crippen LogP contribution in [-0.2, 0) is 4.79 Å². The number of nitrogens with zero attached hydrogens (tertiary/aromatic N) is 1. The van der Waals surface area contributed by atoms with E-state index < -0.39 is 6.10 Å². The standard InChI is InChI=1S/C14H12N2O3/c17-13-8-19-12-2-1-10(7-11(12)16-13)14(18)9-3-5-15-6-4-9/h1-7,14,18H,8H2,(H,16,17). The Morgan fingerprint density at radius 1 is 1.21 bits per heavy atom. The molecule has 0 saturated carbocycles. The van der Waals surface area contributed by atoms with Crippen LogP contribution in [0.5, 0.6) is 5.75 Å². The molecule has 0 radical (unpaired) electrons. The van der Waals surface area contributed by atoms with Gasteiger partial charge in [0.2, 0.25) is 0 Å². The van der Waals surface area contributed by atoms with Gasteiger partial charge >= 0.3 is 0 Å².